The van der Waals surface area contributed by atoms with Crippen molar-refractivity contribution in [2.75, 3.05) is 20.3 Å². The lowest BCUT2D eigenvalue weighted by Gasteiger charge is -2.15. The maximum atomic E-state index is 13.2. The Morgan fingerprint density at radius 2 is 1.78 bits per heavy atom. The van der Waals surface area contributed by atoms with Gasteiger partial charge in [0, 0.05) is 25.8 Å². The normalized spacial score (nSPS) is 10.7. The second-order valence-electron chi connectivity index (χ2n) is 7.73. The number of rotatable bonds is 13. The Morgan fingerprint density at radius 1 is 1.09 bits per heavy atom. The standard InChI is InChI=1S/C25H32N2O5/c1-4-5-6-7-8-16-32-20-12-10-19(11-13-20)23(28)22-18(2)21(17-26)24(29)27(25(22)30)14-9-15-31-3/h10-13,30H,4-9,14-16H2,1-3H3. The van der Waals surface area contributed by atoms with E-state index in [1.807, 2.05) is 6.07 Å². The minimum Gasteiger partial charge on any atom is -0.494 e. The third-order valence-electron chi connectivity index (χ3n) is 5.39. The average molecular weight is 441 g/mol. The molecule has 0 atom stereocenters. The van der Waals surface area contributed by atoms with Gasteiger partial charge in [-0.15, -0.1) is 0 Å². The van der Waals surface area contributed by atoms with E-state index in [-0.39, 0.29) is 23.2 Å². The van der Waals surface area contributed by atoms with Crippen molar-refractivity contribution in [3.05, 3.63) is 56.9 Å². The van der Waals surface area contributed by atoms with Gasteiger partial charge < -0.3 is 14.6 Å². The van der Waals surface area contributed by atoms with Gasteiger partial charge in [-0.3, -0.25) is 14.2 Å². The van der Waals surface area contributed by atoms with Gasteiger partial charge in [0.05, 0.1) is 12.2 Å². The van der Waals surface area contributed by atoms with Crippen molar-refractivity contribution in [2.24, 2.45) is 0 Å². The predicted molar refractivity (Wildman–Crippen MR) is 122 cm³/mol. The first-order chi connectivity index (χ1) is 15.5. The summed E-state index contributed by atoms with van der Waals surface area (Å²) in [6.07, 6.45) is 6.20. The molecule has 0 aliphatic heterocycles. The van der Waals surface area contributed by atoms with Gasteiger partial charge in [0.15, 0.2) is 5.78 Å². The molecule has 1 aromatic heterocycles. The van der Waals surface area contributed by atoms with Crippen LogP contribution in [0.4, 0.5) is 0 Å². The highest BCUT2D eigenvalue weighted by Crippen LogP contribution is 2.26. The molecule has 0 radical (unpaired) electrons. The second kappa shape index (κ2) is 12.7. The van der Waals surface area contributed by atoms with E-state index in [0.29, 0.717) is 30.9 Å². The van der Waals surface area contributed by atoms with Crippen LogP contribution in [0.15, 0.2) is 29.1 Å². The summed E-state index contributed by atoms with van der Waals surface area (Å²) in [6.45, 7) is 4.82. The molecule has 32 heavy (non-hydrogen) atoms. The number of ketones is 1. The lowest BCUT2D eigenvalue weighted by Crippen LogP contribution is -2.27. The van der Waals surface area contributed by atoms with Crippen LogP contribution in [0.2, 0.25) is 0 Å². The molecule has 0 amide bonds. The van der Waals surface area contributed by atoms with Gasteiger partial charge >= 0.3 is 0 Å². The molecule has 1 heterocycles. The van der Waals surface area contributed by atoms with E-state index in [9.17, 15) is 20.0 Å². The minimum absolute atomic E-state index is 0.0387. The van der Waals surface area contributed by atoms with Crippen LogP contribution >= 0.6 is 0 Å². The Balaban J connectivity index is 2.22. The van der Waals surface area contributed by atoms with Crippen LogP contribution in [-0.4, -0.2) is 35.8 Å². The number of unbranched alkanes of at least 4 members (excludes halogenated alkanes) is 4. The fourth-order valence-corrected chi connectivity index (χ4v) is 3.54. The first-order valence-electron chi connectivity index (χ1n) is 11.1. The van der Waals surface area contributed by atoms with E-state index in [1.54, 1.807) is 24.3 Å². The number of methoxy groups -OCH3 is 1. The zero-order valence-electron chi connectivity index (χ0n) is 19.1. The van der Waals surface area contributed by atoms with Crippen molar-refractivity contribution >= 4 is 5.78 Å². The van der Waals surface area contributed by atoms with Crippen molar-refractivity contribution in [3.8, 4) is 17.7 Å². The maximum absolute atomic E-state index is 13.2. The van der Waals surface area contributed by atoms with Crippen molar-refractivity contribution in [2.45, 2.75) is 58.9 Å². The number of hydrogen-bond donors (Lipinski definition) is 1. The summed E-state index contributed by atoms with van der Waals surface area (Å²) in [5.41, 5.74) is -0.285. The number of carbonyl (C=O) groups excluding carboxylic acids is 1. The number of benzene rings is 1. The van der Waals surface area contributed by atoms with Gasteiger partial charge in [0.1, 0.15) is 17.4 Å². The molecule has 0 aliphatic carbocycles. The minimum atomic E-state index is -0.613. The van der Waals surface area contributed by atoms with E-state index >= 15 is 0 Å². The summed E-state index contributed by atoms with van der Waals surface area (Å²) in [5, 5.41) is 20.2. The number of nitrogens with zero attached hydrogens (tertiary/aromatic N) is 2. The van der Waals surface area contributed by atoms with Crippen LogP contribution in [0.3, 0.4) is 0 Å². The summed E-state index contributed by atoms with van der Waals surface area (Å²) < 4.78 is 11.8. The molecule has 0 saturated heterocycles. The average Bonchev–Trinajstić information content (AvgIpc) is 2.79. The van der Waals surface area contributed by atoms with Gasteiger partial charge in [-0.2, -0.15) is 5.26 Å². The fraction of sp³-hybridized carbons (Fsp3) is 0.480. The number of aromatic hydroxyl groups is 1. The summed E-state index contributed by atoms with van der Waals surface area (Å²) in [7, 11) is 1.53. The Kier molecular flexibility index (Phi) is 9.96. The lowest BCUT2D eigenvalue weighted by atomic mass is 9.97. The summed E-state index contributed by atoms with van der Waals surface area (Å²) in [6, 6.07) is 8.55. The predicted octanol–water partition coefficient (Wildman–Crippen LogP) is 4.35. The monoisotopic (exact) mass is 440 g/mol. The number of nitriles is 1. The number of pyridine rings is 1. The number of hydrogen-bond acceptors (Lipinski definition) is 6. The molecule has 2 rings (SSSR count). The van der Waals surface area contributed by atoms with Crippen molar-refractivity contribution < 1.29 is 19.4 Å². The molecule has 1 N–H and O–H groups in total. The SMILES string of the molecule is CCCCCCCOc1ccc(C(=O)c2c(C)c(C#N)c(=O)n(CCCOC)c2O)cc1. The second-order valence-corrected chi connectivity index (χ2v) is 7.73. The topological polar surface area (TPSA) is 102 Å². The molecular formula is C25H32N2O5. The molecule has 2 aromatic rings. The fourth-order valence-electron chi connectivity index (χ4n) is 3.54. The Morgan fingerprint density at radius 3 is 2.41 bits per heavy atom. The Bertz CT molecular complexity index is 1000. The molecule has 7 nitrogen and oxygen atoms in total. The molecule has 0 unspecified atom stereocenters. The van der Waals surface area contributed by atoms with Gasteiger partial charge in [-0.05, 0) is 49.6 Å². The van der Waals surface area contributed by atoms with Crippen molar-refractivity contribution in [1.82, 2.24) is 4.57 Å². The Labute approximate surface area is 189 Å². The number of ether oxygens (including phenoxy) is 2. The quantitative estimate of drug-likeness (QED) is 0.367. The van der Waals surface area contributed by atoms with E-state index in [1.165, 1.54) is 33.3 Å². The Hall–Kier alpha value is -3.11. The third kappa shape index (κ3) is 6.21. The van der Waals surface area contributed by atoms with Crippen LogP contribution in [0, 0.1) is 18.3 Å². The molecular weight excluding hydrogens is 408 g/mol. The van der Waals surface area contributed by atoms with Crippen molar-refractivity contribution in [3.63, 3.8) is 0 Å². The molecule has 0 bridgehead atoms. The summed E-state index contributed by atoms with van der Waals surface area (Å²) in [4.78, 5) is 25.8. The highest BCUT2D eigenvalue weighted by Gasteiger charge is 2.24. The maximum Gasteiger partial charge on any atom is 0.271 e. The van der Waals surface area contributed by atoms with Gasteiger partial charge in [-0.1, -0.05) is 32.6 Å². The van der Waals surface area contributed by atoms with Gasteiger partial charge in [0.25, 0.3) is 5.56 Å². The molecule has 0 saturated carbocycles. The van der Waals surface area contributed by atoms with Crippen LogP contribution < -0.4 is 10.3 Å². The highest BCUT2D eigenvalue weighted by molar-refractivity contribution is 6.11. The number of carbonyl (C=O) groups is 1. The highest BCUT2D eigenvalue weighted by atomic mass is 16.5. The first-order valence-corrected chi connectivity index (χ1v) is 11.1. The summed E-state index contributed by atoms with van der Waals surface area (Å²) in [5.74, 6) is -0.219. The van der Waals surface area contributed by atoms with Crippen LogP contribution in [0.5, 0.6) is 11.6 Å². The summed E-state index contributed by atoms with van der Waals surface area (Å²) >= 11 is 0. The first kappa shape index (κ1) is 25.2. The molecule has 0 aliphatic rings. The van der Waals surface area contributed by atoms with E-state index in [2.05, 4.69) is 6.92 Å². The van der Waals surface area contributed by atoms with Crippen LogP contribution in [0.25, 0.3) is 0 Å². The molecule has 1 aromatic carbocycles. The van der Waals surface area contributed by atoms with E-state index < -0.39 is 17.2 Å². The smallest absolute Gasteiger partial charge is 0.271 e. The van der Waals surface area contributed by atoms with Gasteiger partial charge in [0.2, 0.25) is 5.88 Å². The van der Waals surface area contributed by atoms with E-state index in [0.717, 1.165) is 17.4 Å². The largest absolute Gasteiger partial charge is 0.494 e. The third-order valence-corrected chi connectivity index (χ3v) is 5.39. The van der Waals surface area contributed by atoms with Crippen LogP contribution in [0.1, 0.15) is 72.5 Å². The van der Waals surface area contributed by atoms with Gasteiger partial charge in [-0.25, -0.2) is 0 Å². The molecule has 0 fully saturated rings. The zero-order chi connectivity index (χ0) is 23.5. The van der Waals surface area contributed by atoms with Crippen molar-refractivity contribution in [1.29, 1.82) is 5.26 Å². The van der Waals surface area contributed by atoms with Crippen LogP contribution in [-0.2, 0) is 11.3 Å². The molecule has 172 valence electrons. The molecule has 7 heteroatoms. The number of aromatic nitrogens is 1. The zero-order valence-corrected chi connectivity index (χ0v) is 19.1. The van der Waals surface area contributed by atoms with E-state index in [4.69, 9.17) is 9.47 Å². The lowest BCUT2D eigenvalue weighted by molar-refractivity contribution is 0.103. The molecule has 0 spiro atoms.